The summed E-state index contributed by atoms with van der Waals surface area (Å²) in [7, 11) is 1.63. The minimum atomic E-state index is -0.975. The Morgan fingerprint density at radius 1 is 1.50 bits per heavy atom. The molecule has 0 aliphatic heterocycles. The summed E-state index contributed by atoms with van der Waals surface area (Å²) in [5.74, 6) is -0.277. The summed E-state index contributed by atoms with van der Waals surface area (Å²) in [6, 6.07) is 7.47. The van der Waals surface area contributed by atoms with E-state index in [4.69, 9.17) is 14.6 Å². The molecule has 0 atom stereocenters. The highest BCUT2D eigenvalue weighted by Gasteiger charge is 1.95. The number of rotatable bonds is 6. The number of carbonyl (C=O) groups is 1. The summed E-state index contributed by atoms with van der Waals surface area (Å²) in [5.41, 5.74) is 1.02. The molecule has 86 valence electrons. The number of aliphatic carboxylic acids is 1. The molecule has 1 N–H and O–H groups in total. The molecule has 0 aromatic heterocycles. The average Bonchev–Trinajstić information content (AvgIpc) is 2.25. The van der Waals surface area contributed by atoms with E-state index in [1.165, 1.54) is 6.08 Å². The van der Waals surface area contributed by atoms with E-state index in [-0.39, 0.29) is 6.61 Å². The van der Waals surface area contributed by atoms with Crippen molar-refractivity contribution in [3.8, 4) is 5.75 Å². The third-order valence-electron chi connectivity index (χ3n) is 1.82. The predicted molar refractivity (Wildman–Crippen MR) is 59.4 cm³/mol. The first kappa shape index (κ1) is 12.3. The molecule has 1 aromatic rings. The van der Waals surface area contributed by atoms with Crippen molar-refractivity contribution < 1.29 is 19.4 Å². The van der Waals surface area contributed by atoms with Crippen LogP contribution in [0.2, 0.25) is 0 Å². The first-order chi connectivity index (χ1) is 7.72. The van der Waals surface area contributed by atoms with Crippen molar-refractivity contribution in [1.82, 2.24) is 0 Å². The monoisotopic (exact) mass is 222 g/mol. The lowest BCUT2D eigenvalue weighted by molar-refractivity contribution is -0.131. The topological polar surface area (TPSA) is 55.8 Å². The summed E-state index contributed by atoms with van der Waals surface area (Å²) in [6.07, 6.45) is 2.50. The molecular weight excluding hydrogens is 208 g/mol. The Morgan fingerprint density at radius 2 is 2.31 bits per heavy atom. The molecule has 0 fully saturated rings. The molecule has 0 aliphatic rings. The Bertz CT molecular complexity index is 371. The first-order valence-corrected chi connectivity index (χ1v) is 4.82. The van der Waals surface area contributed by atoms with Crippen LogP contribution in [0.25, 0.3) is 0 Å². The summed E-state index contributed by atoms with van der Waals surface area (Å²) >= 11 is 0. The lowest BCUT2D eigenvalue weighted by Gasteiger charge is -2.05. The van der Waals surface area contributed by atoms with Gasteiger partial charge in [0.1, 0.15) is 12.4 Å². The molecule has 0 saturated carbocycles. The van der Waals surface area contributed by atoms with Crippen LogP contribution in [-0.2, 0) is 16.1 Å². The SMILES string of the molecule is COCc1cccc(OCC=CC(=O)O)c1. The van der Waals surface area contributed by atoms with Gasteiger partial charge in [0.2, 0.25) is 0 Å². The Balaban J connectivity index is 2.47. The highest BCUT2D eigenvalue weighted by atomic mass is 16.5. The highest BCUT2D eigenvalue weighted by molar-refractivity contribution is 5.79. The van der Waals surface area contributed by atoms with E-state index in [0.717, 1.165) is 11.6 Å². The van der Waals surface area contributed by atoms with Gasteiger partial charge in [-0.25, -0.2) is 4.79 Å². The van der Waals surface area contributed by atoms with Gasteiger partial charge < -0.3 is 14.6 Å². The smallest absolute Gasteiger partial charge is 0.328 e. The van der Waals surface area contributed by atoms with Crippen LogP contribution >= 0.6 is 0 Å². The Morgan fingerprint density at radius 3 is 3.00 bits per heavy atom. The number of hydrogen-bond donors (Lipinski definition) is 1. The van der Waals surface area contributed by atoms with E-state index >= 15 is 0 Å². The number of hydrogen-bond acceptors (Lipinski definition) is 3. The number of carboxylic acids is 1. The van der Waals surface area contributed by atoms with Gasteiger partial charge in [-0.2, -0.15) is 0 Å². The van der Waals surface area contributed by atoms with Gasteiger partial charge >= 0.3 is 5.97 Å². The quantitative estimate of drug-likeness (QED) is 0.746. The van der Waals surface area contributed by atoms with Gasteiger partial charge in [0.15, 0.2) is 0 Å². The number of benzene rings is 1. The van der Waals surface area contributed by atoms with E-state index in [9.17, 15) is 4.79 Å². The third kappa shape index (κ3) is 4.61. The lowest BCUT2D eigenvalue weighted by atomic mass is 10.2. The maximum Gasteiger partial charge on any atom is 0.328 e. The Hall–Kier alpha value is -1.81. The predicted octanol–water partition coefficient (Wildman–Crippen LogP) is 1.85. The van der Waals surface area contributed by atoms with Crippen LogP contribution in [0.15, 0.2) is 36.4 Å². The van der Waals surface area contributed by atoms with Gasteiger partial charge in [0, 0.05) is 13.2 Å². The van der Waals surface area contributed by atoms with Gasteiger partial charge in [-0.15, -0.1) is 0 Å². The zero-order valence-electron chi connectivity index (χ0n) is 9.05. The summed E-state index contributed by atoms with van der Waals surface area (Å²) in [6.45, 7) is 0.769. The van der Waals surface area contributed by atoms with Crippen LogP contribution in [0, 0.1) is 0 Å². The maximum absolute atomic E-state index is 10.2. The summed E-state index contributed by atoms with van der Waals surface area (Å²) < 4.78 is 10.3. The lowest BCUT2D eigenvalue weighted by Crippen LogP contribution is -1.96. The fourth-order valence-electron chi connectivity index (χ4n) is 1.18. The molecule has 4 heteroatoms. The average molecular weight is 222 g/mol. The van der Waals surface area contributed by atoms with E-state index in [2.05, 4.69) is 0 Å². The van der Waals surface area contributed by atoms with E-state index < -0.39 is 5.97 Å². The van der Waals surface area contributed by atoms with Crippen LogP contribution in [0.4, 0.5) is 0 Å². The van der Waals surface area contributed by atoms with Crippen molar-refractivity contribution >= 4 is 5.97 Å². The van der Waals surface area contributed by atoms with E-state index in [0.29, 0.717) is 12.4 Å². The molecule has 0 aliphatic carbocycles. The van der Waals surface area contributed by atoms with Crippen molar-refractivity contribution in [3.63, 3.8) is 0 Å². The molecule has 0 bridgehead atoms. The fraction of sp³-hybridized carbons (Fsp3) is 0.250. The number of methoxy groups -OCH3 is 1. The second-order valence-corrected chi connectivity index (χ2v) is 3.13. The van der Waals surface area contributed by atoms with Crippen LogP contribution in [-0.4, -0.2) is 24.8 Å². The minimum absolute atomic E-state index is 0.239. The second-order valence-electron chi connectivity index (χ2n) is 3.13. The van der Waals surface area contributed by atoms with Crippen LogP contribution in [0.1, 0.15) is 5.56 Å². The van der Waals surface area contributed by atoms with Gasteiger partial charge in [0.05, 0.1) is 6.61 Å². The van der Waals surface area contributed by atoms with Crippen molar-refractivity contribution in [1.29, 1.82) is 0 Å². The number of ether oxygens (including phenoxy) is 2. The standard InChI is InChI=1S/C12H14O4/c1-15-9-10-4-2-5-11(8-10)16-7-3-6-12(13)14/h2-6,8H,7,9H2,1H3,(H,13,14). The Kier molecular flexibility index (Phi) is 5.08. The fourth-order valence-corrected chi connectivity index (χ4v) is 1.18. The van der Waals surface area contributed by atoms with Crippen molar-refractivity contribution in [2.75, 3.05) is 13.7 Å². The van der Waals surface area contributed by atoms with Crippen molar-refractivity contribution in [2.45, 2.75) is 6.61 Å². The molecule has 0 unspecified atom stereocenters. The third-order valence-corrected chi connectivity index (χ3v) is 1.82. The van der Waals surface area contributed by atoms with Gasteiger partial charge in [0.25, 0.3) is 0 Å². The Labute approximate surface area is 94.1 Å². The van der Waals surface area contributed by atoms with Crippen LogP contribution < -0.4 is 4.74 Å². The second kappa shape index (κ2) is 6.63. The van der Waals surface area contributed by atoms with Gasteiger partial charge in [-0.3, -0.25) is 0 Å². The molecule has 4 nitrogen and oxygen atoms in total. The molecular formula is C12H14O4. The molecule has 1 rings (SSSR count). The van der Waals surface area contributed by atoms with Crippen molar-refractivity contribution in [2.24, 2.45) is 0 Å². The van der Waals surface area contributed by atoms with Gasteiger partial charge in [-0.1, -0.05) is 12.1 Å². The molecule has 0 heterocycles. The molecule has 1 aromatic carbocycles. The van der Waals surface area contributed by atoms with Crippen LogP contribution in [0.3, 0.4) is 0 Å². The molecule has 16 heavy (non-hydrogen) atoms. The largest absolute Gasteiger partial charge is 0.490 e. The number of carboxylic acid groups (broad SMARTS) is 1. The maximum atomic E-state index is 10.2. The van der Waals surface area contributed by atoms with Gasteiger partial charge in [-0.05, 0) is 23.8 Å². The zero-order chi connectivity index (χ0) is 11.8. The van der Waals surface area contributed by atoms with E-state index in [1.807, 2.05) is 24.3 Å². The molecule has 0 radical (unpaired) electrons. The molecule has 0 spiro atoms. The van der Waals surface area contributed by atoms with Crippen molar-refractivity contribution in [3.05, 3.63) is 42.0 Å². The molecule has 0 amide bonds. The highest BCUT2D eigenvalue weighted by Crippen LogP contribution is 2.13. The zero-order valence-corrected chi connectivity index (χ0v) is 9.05. The van der Waals surface area contributed by atoms with E-state index in [1.54, 1.807) is 7.11 Å². The molecule has 0 saturated heterocycles. The summed E-state index contributed by atoms with van der Waals surface area (Å²) in [5, 5.41) is 8.37. The first-order valence-electron chi connectivity index (χ1n) is 4.82. The van der Waals surface area contributed by atoms with Crippen LogP contribution in [0.5, 0.6) is 5.75 Å². The minimum Gasteiger partial charge on any atom is -0.490 e. The summed E-state index contributed by atoms with van der Waals surface area (Å²) in [4.78, 5) is 10.2. The normalized spacial score (nSPS) is 10.6.